The molecule has 122 valence electrons. The van der Waals surface area contributed by atoms with Crippen LogP contribution in [0.4, 0.5) is 0 Å². The van der Waals surface area contributed by atoms with E-state index in [1.54, 1.807) is 6.92 Å². The molecule has 0 aromatic carbocycles. The summed E-state index contributed by atoms with van der Waals surface area (Å²) in [5.41, 5.74) is 2.85. The van der Waals surface area contributed by atoms with Crippen molar-refractivity contribution in [2.24, 2.45) is 5.92 Å². The molecule has 0 aliphatic carbocycles. The summed E-state index contributed by atoms with van der Waals surface area (Å²) in [7, 11) is 0. The van der Waals surface area contributed by atoms with Crippen LogP contribution >= 0.6 is 0 Å². The second-order valence-corrected chi connectivity index (χ2v) is 6.21. The van der Waals surface area contributed by atoms with Crippen molar-refractivity contribution in [3.8, 4) is 11.3 Å². The molecule has 2 aromatic rings. The molecule has 23 heavy (non-hydrogen) atoms. The maximum Gasteiger partial charge on any atom is 0.219 e. The first kappa shape index (κ1) is 15.6. The zero-order valence-electron chi connectivity index (χ0n) is 13.8. The Hall–Kier alpha value is -2.24. The number of likely N-dealkylation sites (tertiary alicyclic amines) is 1. The van der Waals surface area contributed by atoms with E-state index in [0.717, 1.165) is 55.8 Å². The van der Waals surface area contributed by atoms with Gasteiger partial charge in [-0.2, -0.15) is 5.10 Å². The van der Waals surface area contributed by atoms with E-state index in [9.17, 15) is 4.79 Å². The zero-order chi connectivity index (χ0) is 16.2. The molecule has 1 aliphatic rings. The number of aromatic nitrogens is 4. The Labute approximate surface area is 136 Å². The Morgan fingerprint density at radius 3 is 2.83 bits per heavy atom. The lowest BCUT2D eigenvalue weighted by Crippen LogP contribution is -2.26. The number of amides is 1. The predicted octanol–water partition coefficient (Wildman–Crippen LogP) is 2.16. The average Bonchev–Trinajstić information content (AvgIpc) is 3.18. The Kier molecular flexibility index (Phi) is 4.69. The Balaban J connectivity index is 1.62. The minimum absolute atomic E-state index is 0.165. The van der Waals surface area contributed by atoms with Gasteiger partial charge >= 0.3 is 0 Å². The van der Waals surface area contributed by atoms with Crippen LogP contribution in [0.15, 0.2) is 24.8 Å². The van der Waals surface area contributed by atoms with Gasteiger partial charge in [0.1, 0.15) is 0 Å². The molecule has 0 spiro atoms. The van der Waals surface area contributed by atoms with Gasteiger partial charge < -0.3 is 4.90 Å². The largest absolute Gasteiger partial charge is 0.343 e. The summed E-state index contributed by atoms with van der Waals surface area (Å²) in [6, 6.07) is 0. The highest BCUT2D eigenvalue weighted by atomic mass is 16.2. The number of hydrogen-bond acceptors (Lipinski definition) is 4. The average molecular weight is 313 g/mol. The van der Waals surface area contributed by atoms with Crippen molar-refractivity contribution >= 4 is 5.91 Å². The van der Waals surface area contributed by atoms with Gasteiger partial charge in [-0.15, -0.1) is 0 Å². The monoisotopic (exact) mass is 313 g/mol. The van der Waals surface area contributed by atoms with Gasteiger partial charge in [0.25, 0.3) is 0 Å². The van der Waals surface area contributed by atoms with Crippen LogP contribution in [0.5, 0.6) is 0 Å². The van der Waals surface area contributed by atoms with E-state index in [0.29, 0.717) is 5.92 Å². The fourth-order valence-corrected chi connectivity index (χ4v) is 3.04. The third kappa shape index (κ3) is 3.75. The number of carbonyl (C=O) groups excluding carboxylic acids is 1. The third-order valence-electron chi connectivity index (χ3n) is 4.32. The van der Waals surface area contributed by atoms with E-state index in [4.69, 9.17) is 0 Å². The van der Waals surface area contributed by atoms with Crippen molar-refractivity contribution in [3.05, 3.63) is 30.5 Å². The molecule has 1 aliphatic heterocycles. The van der Waals surface area contributed by atoms with Crippen molar-refractivity contribution in [3.63, 3.8) is 0 Å². The highest BCUT2D eigenvalue weighted by molar-refractivity contribution is 5.73. The normalized spacial score (nSPS) is 17.7. The maximum atomic E-state index is 11.4. The number of carbonyl (C=O) groups is 1. The van der Waals surface area contributed by atoms with Gasteiger partial charge in [0.15, 0.2) is 0 Å². The number of aryl methyl sites for hydroxylation is 1. The van der Waals surface area contributed by atoms with Crippen molar-refractivity contribution < 1.29 is 4.79 Å². The molecule has 1 atom stereocenters. The van der Waals surface area contributed by atoms with E-state index >= 15 is 0 Å². The summed E-state index contributed by atoms with van der Waals surface area (Å²) in [6.07, 6.45) is 10.5. The molecule has 1 saturated heterocycles. The molecule has 0 saturated carbocycles. The lowest BCUT2D eigenvalue weighted by Gasteiger charge is -2.13. The fourth-order valence-electron chi connectivity index (χ4n) is 3.04. The van der Waals surface area contributed by atoms with Gasteiger partial charge in [0.2, 0.25) is 5.91 Å². The van der Waals surface area contributed by atoms with Gasteiger partial charge in [-0.1, -0.05) is 6.92 Å². The van der Waals surface area contributed by atoms with Gasteiger partial charge in [-0.3, -0.25) is 19.4 Å². The molecule has 0 radical (unpaired) electrons. The summed E-state index contributed by atoms with van der Waals surface area (Å²) in [5.74, 6) is 0.657. The standard InChI is InChI=1S/C17H23N5O/c1-3-5-22-12-15(8-20-22)17-10-18-16(9-19-17)7-14-4-6-21(11-14)13(2)23/h8-10,12,14H,3-7,11H2,1-2H3. The quantitative estimate of drug-likeness (QED) is 0.848. The van der Waals surface area contributed by atoms with Crippen LogP contribution in [0.1, 0.15) is 32.4 Å². The van der Waals surface area contributed by atoms with E-state index in [-0.39, 0.29) is 5.91 Å². The van der Waals surface area contributed by atoms with Gasteiger partial charge in [0.05, 0.1) is 23.8 Å². The summed E-state index contributed by atoms with van der Waals surface area (Å²) >= 11 is 0. The molecular weight excluding hydrogens is 290 g/mol. The number of nitrogens with zero attached hydrogens (tertiary/aromatic N) is 5. The van der Waals surface area contributed by atoms with Gasteiger partial charge in [0, 0.05) is 44.5 Å². The minimum Gasteiger partial charge on any atom is -0.343 e. The molecule has 1 amide bonds. The predicted molar refractivity (Wildman–Crippen MR) is 87.6 cm³/mol. The summed E-state index contributed by atoms with van der Waals surface area (Å²) in [5, 5.41) is 4.32. The second-order valence-electron chi connectivity index (χ2n) is 6.21. The van der Waals surface area contributed by atoms with Crippen LogP contribution < -0.4 is 0 Å². The molecule has 6 heteroatoms. The van der Waals surface area contributed by atoms with E-state index in [1.165, 1.54) is 0 Å². The van der Waals surface area contributed by atoms with Crippen molar-refractivity contribution in [2.75, 3.05) is 13.1 Å². The first-order valence-electron chi connectivity index (χ1n) is 8.25. The van der Waals surface area contributed by atoms with Crippen molar-refractivity contribution in [1.82, 2.24) is 24.6 Å². The third-order valence-corrected chi connectivity index (χ3v) is 4.32. The first-order chi connectivity index (χ1) is 11.2. The fraction of sp³-hybridized carbons (Fsp3) is 0.529. The highest BCUT2D eigenvalue weighted by Gasteiger charge is 2.24. The molecule has 6 nitrogen and oxygen atoms in total. The second kappa shape index (κ2) is 6.89. The van der Waals surface area contributed by atoms with E-state index < -0.39 is 0 Å². The Morgan fingerprint density at radius 2 is 2.17 bits per heavy atom. The van der Waals surface area contributed by atoms with Crippen LogP contribution in [-0.4, -0.2) is 43.6 Å². The maximum absolute atomic E-state index is 11.4. The van der Waals surface area contributed by atoms with Crippen LogP contribution in [0.25, 0.3) is 11.3 Å². The van der Waals surface area contributed by atoms with Crippen LogP contribution in [0.2, 0.25) is 0 Å². The lowest BCUT2D eigenvalue weighted by atomic mass is 10.0. The van der Waals surface area contributed by atoms with Gasteiger partial charge in [-0.05, 0) is 25.2 Å². The molecule has 1 fully saturated rings. The van der Waals surface area contributed by atoms with Crippen LogP contribution in [0, 0.1) is 5.92 Å². The lowest BCUT2D eigenvalue weighted by molar-refractivity contribution is -0.127. The molecule has 0 bridgehead atoms. The van der Waals surface area contributed by atoms with Crippen molar-refractivity contribution in [1.29, 1.82) is 0 Å². The Bertz CT molecular complexity index is 664. The molecule has 0 N–H and O–H groups in total. The minimum atomic E-state index is 0.165. The van der Waals surface area contributed by atoms with Crippen LogP contribution in [-0.2, 0) is 17.8 Å². The molecule has 3 heterocycles. The smallest absolute Gasteiger partial charge is 0.219 e. The molecule has 2 aromatic heterocycles. The zero-order valence-corrected chi connectivity index (χ0v) is 13.8. The highest BCUT2D eigenvalue weighted by Crippen LogP contribution is 2.21. The molecule has 1 unspecified atom stereocenters. The SMILES string of the molecule is CCCn1cc(-c2cnc(CC3CCN(C(C)=O)C3)cn2)cn1. The summed E-state index contributed by atoms with van der Waals surface area (Å²) in [6.45, 7) is 6.38. The first-order valence-corrected chi connectivity index (χ1v) is 8.25. The van der Waals surface area contributed by atoms with Crippen molar-refractivity contribution in [2.45, 2.75) is 39.7 Å². The topological polar surface area (TPSA) is 63.9 Å². The van der Waals surface area contributed by atoms with Crippen LogP contribution in [0.3, 0.4) is 0 Å². The van der Waals surface area contributed by atoms with E-state index in [1.807, 2.05) is 34.4 Å². The molecular formula is C17H23N5O. The summed E-state index contributed by atoms with van der Waals surface area (Å²) < 4.78 is 1.93. The van der Waals surface area contributed by atoms with E-state index in [2.05, 4.69) is 22.0 Å². The summed E-state index contributed by atoms with van der Waals surface area (Å²) in [4.78, 5) is 22.4. The number of hydrogen-bond donors (Lipinski definition) is 0. The van der Waals surface area contributed by atoms with Gasteiger partial charge in [-0.25, -0.2) is 0 Å². The molecule has 3 rings (SSSR count). The number of rotatable bonds is 5. The Morgan fingerprint density at radius 1 is 1.30 bits per heavy atom.